The summed E-state index contributed by atoms with van der Waals surface area (Å²) in [6.45, 7) is 5.82. The third-order valence-corrected chi connectivity index (χ3v) is 9.45. The minimum Gasteiger partial charge on any atom is -0.462 e. The molecule has 2 saturated carbocycles. The Hall–Kier alpha value is -1.51. The Balaban J connectivity index is 1.58. The summed E-state index contributed by atoms with van der Waals surface area (Å²) in [7, 11) is -5.65. The first-order valence-corrected chi connectivity index (χ1v) is 12.3. The van der Waals surface area contributed by atoms with Gasteiger partial charge >= 0.3 is 21.6 Å². The van der Waals surface area contributed by atoms with Crippen molar-refractivity contribution in [3.63, 3.8) is 0 Å². The summed E-state index contributed by atoms with van der Waals surface area (Å²) in [5.74, 6) is 0.820. The number of alkyl halides is 3. The minimum absolute atomic E-state index is 0.0475. The van der Waals surface area contributed by atoms with Gasteiger partial charge in [-0.3, -0.25) is 4.79 Å². The van der Waals surface area contributed by atoms with E-state index in [0.717, 1.165) is 37.7 Å². The zero-order chi connectivity index (χ0) is 22.8. The van der Waals surface area contributed by atoms with Crippen LogP contribution < -0.4 is 0 Å². The summed E-state index contributed by atoms with van der Waals surface area (Å²) in [5, 5.41) is 0. The average Bonchev–Trinajstić information content (AvgIpc) is 2.97. The number of carbonyl (C=O) groups excluding carboxylic acids is 1. The third kappa shape index (κ3) is 3.60. The van der Waals surface area contributed by atoms with Crippen molar-refractivity contribution in [3.8, 4) is 0 Å². The molecule has 0 heterocycles. The predicted octanol–water partition coefficient (Wildman–Crippen LogP) is 5.24. The van der Waals surface area contributed by atoms with E-state index < -0.39 is 15.6 Å². The second kappa shape index (κ2) is 7.25. The van der Waals surface area contributed by atoms with E-state index in [2.05, 4.69) is 24.1 Å². The van der Waals surface area contributed by atoms with Crippen LogP contribution in [0, 0.1) is 28.6 Å². The van der Waals surface area contributed by atoms with Crippen LogP contribution >= 0.6 is 0 Å². The first-order valence-electron chi connectivity index (χ1n) is 10.9. The molecule has 0 amide bonds. The largest absolute Gasteiger partial charge is 0.534 e. The summed E-state index contributed by atoms with van der Waals surface area (Å²) in [5.41, 5.74) is -4.83. The topological polar surface area (TPSA) is 69.7 Å². The van der Waals surface area contributed by atoms with Crippen molar-refractivity contribution in [2.45, 2.75) is 77.3 Å². The summed E-state index contributed by atoms with van der Waals surface area (Å²) in [6, 6.07) is 0. The number of rotatable bonds is 3. The smallest absolute Gasteiger partial charge is 0.462 e. The summed E-state index contributed by atoms with van der Waals surface area (Å²) in [6.07, 6.45) is 8.75. The maximum Gasteiger partial charge on any atom is 0.534 e. The van der Waals surface area contributed by atoms with Gasteiger partial charge in [0.15, 0.2) is 0 Å². The quantitative estimate of drug-likeness (QED) is 0.326. The van der Waals surface area contributed by atoms with E-state index in [1.807, 2.05) is 0 Å². The highest BCUT2D eigenvalue weighted by atomic mass is 32.2. The molecule has 31 heavy (non-hydrogen) atoms. The van der Waals surface area contributed by atoms with Gasteiger partial charge in [0.05, 0.1) is 0 Å². The highest BCUT2D eigenvalue weighted by Gasteiger charge is 2.59. The SMILES string of the molecule is CC(=O)OC1CCC2C3CC=C4C=C(OS(=O)(=O)C(F)(F)F)CCC4(C)C3CCC12C. The molecule has 4 aliphatic carbocycles. The molecule has 0 aromatic carbocycles. The zero-order valence-electron chi connectivity index (χ0n) is 18.0. The van der Waals surface area contributed by atoms with Gasteiger partial charge in [-0.25, -0.2) is 0 Å². The number of fused-ring (bicyclic) bond motifs is 5. The lowest BCUT2D eigenvalue weighted by Gasteiger charge is -2.56. The Morgan fingerprint density at radius 3 is 2.48 bits per heavy atom. The van der Waals surface area contributed by atoms with Crippen LogP contribution in [0.25, 0.3) is 0 Å². The Kier molecular flexibility index (Phi) is 5.30. The number of ether oxygens (including phenoxy) is 1. The highest BCUT2D eigenvalue weighted by Crippen LogP contribution is 2.65. The van der Waals surface area contributed by atoms with Crippen molar-refractivity contribution in [2.75, 3.05) is 0 Å². The molecule has 0 saturated heterocycles. The minimum atomic E-state index is -5.65. The van der Waals surface area contributed by atoms with E-state index in [4.69, 9.17) is 4.74 Å². The maximum atomic E-state index is 12.7. The summed E-state index contributed by atoms with van der Waals surface area (Å²) < 4.78 is 71.0. The Bertz CT molecular complexity index is 937. The van der Waals surface area contributed by atoms with Gasteiger partial charge in [-0.15, -0.1) is 0 Å². The van der Waals surface area contributed by atoms with Crippen molar-refractivity contribution in [2.24, 2.45) is 28.6 Å². The Morgan fingerprint density at radius 1 is 1.13 bits per heavy atom. The molecular weight excluding hydrogens is 433 g/mol. The molecule has 174 valence electrons. The van der Waals surface area contributed by atoms with Crippen molar-refractivity contribution in [1.29, 1.82) is 0 Å². The van der Waals surface area contributed by atoms with Crippen LogP contribution in [0.4, 0.5) is 13.2 Å². The van der Waals surface area contributed by atoms with Gasteiger partial charge in [-0.1, -0.05) is 19.9 Å². The molecule has 6 unspecified atom stereocenters. The Labute approximate surface area is 181 Å². The van der Waals surface area contributed by atoms with Crippen molar-refractivity contribution < 1.29 is 35.3 Å². The van der Waals surface area contributed by atoms with Gasteiger partial charge < -0.3 is 8.92 Å². The van der Waals surface area contributed by atoms with E-state index >= 15 is 0 Å². The zero-order valence-corrected chi connectivity index (χ0v) is 18.8. The number of halogens is 3. The molecular formula is C22H29F3O5S. The van der Waals surface area contributed by atoms with Gasteiger partial charge in [0.25, 0.3) is 0 Å². The molecule has 9 heteroatoms. The van der Waals surface area contributed by atoms with Crippen LogP contribution in [-0.4, -0.2) is 26.0 Å². The molecule has 4 rings (SSSR count). The molecule has 0 radical (unpaired) electrons. The maximum absolute atomic E-state index is 12.7. The van der Waals surface area contributed by atoms with Crippen molar-refractivity contribution in [3.05, 3.63) is 23.5 Å². The summed E-state index contributed by atoms with van der Waals surface area (Å²) in [4.78, 5) is 11.6. The molecule has 5 nitrogen and oxygen atoms in total. The van der Waals surface area contributed by atoms with Gasteiger partial charge in [0.1, 0.15) is 11.9 Å². The molecule has 2 fully saturated rings. The number of hydrogen-bond acceptors (Lipinski definition) is 5. The standard InChI is InChI=1S/C22H29F3O5S/c1-13(26)29-19-7-6-17-16-5-4-14-12-15(30-31(27,28)22(23,24)25)8-10-20(14,2)18(16)9-11-21(17,19)3/h4,12,16-19H,5-11H2,1-3H3. The van der Waals surface area contributed by atoms with Crippen LogP contribution in [0.3, 0.4) is 0 Å². The van der Waals surface area contributed by atoms with Crippen LogP contribution in [0.15, 0.2) is 23.5 Å². The van der Waals surface area contributed by atoms with E-state index in [0.29, 0.717) is 24.2 Å². The predicted molar refractivity (Wildman–Crippen MR) is 107 cm³/mol. The lowest BCUT2D eigenvalue weighted by atomic mass is 9.48. The third-order valence-electron chi connectivity index (χ3n) is 8.45. The molecule has 4 aliphatic rings. The van der Waals surface area contributed by atoms with E-state index in [1.54, 1.807) is 0 Å². The van der Waals surface area contributed by atoms with Gasteiger partial charge in [-0.2, -0.15) is 21.6 Å². The number of allylic oxidation sites excluding steroid dienone is 4. The molecule has 0 aromatic heterocycles. The van der Waals surface area contributed by atoms with Gasteiger partial charge in [0, 0.05) is 18.8 Å². The average molecular weight is 463 g/mol. The summed E-state index contributed by atoms with van der Waals surface area (Å²) >= 11 is 0. The lowest BCUT2D eigenvalue weighted by molar-refractivity contribution is -0.156. The highest BCUT2D eigenvalue weighted by molar-refractivity contribution is 7.87. The van der Waals surface area contributed by atoms with E-state index in [-0.39, 0.29) is 35.1 Å². The monoisotopic (exact) mass is 462 g/mol. The van der Waals surface area contributed by atoms with Gasteiger partial charge in [0.2, 0.25) is 0 Å². The van der Waals surface area contributed by atoms with Gasteiger partial charge in [-0.05, 0) is 73.3 Å². The fourth-order valence-electron chi connectivity index (χ4n) is 6.90. The second-order valence-electron chi connectivity index (χ2n) is 10.0. The molecule has 0 bridgehead atoms. The second-order valence-corrected chi connectivity index (χ2v) is 11.5. The fourth-order valence-corrected chi connectivity index (χ4v) is 7.41. The normalized spacial score (nSPS) is 40.1. The van der Waals surface area contributed by atoms with Crippen molar-refractivity contribution >= 4 is 16.1 Å². The van der Waals surface area contributed by atoms with Crippen LogP contribution in [0.5, 0.6) is 0 Å². The number of esters is 1. The number of hydrogen-bond donors (Lipinski definition) is 0. The molecule has 0 aliphatic heterocycles. The molecule has 0 aromatic rings. The van der Waals surface area contributed by atoms with Crippen LogP contribution in [0.2, 0.25) is 0 Å². The lowest BCUT2D eigenvalue weighted by Crippen LogP contribution is -2.50. The van der Waals surface area contributed by atoms with E-state index in [9.17, 15) is 26.4 Å². The van der Waals surface area contributed by atoms with Crippen molar-refractivity contribution in [1.82, 2.24) is 0 Å². The molecule has 0 N–H and O–H groups in total. The first kappa shape index (κ1) is 22.7. The molecule has 0 spiro atoms. The first-order chi connectivity index (χ1) is 14.3. The molecule has 6 atom stereocenters. The fraction of sp³-hybridized carbons (Fsp3) is 0.773. The number of carbonyl (C=O) groups is 1. The van der Waals surface area contributed by atoms with E-state index in [1.165, 1.54) is 13.0 Å². The van der Waals surface area contributed by atoms with Crippen LogP contribution in [-0.2, 0) is 23.8 Å². The Morgan fingerprint density at radius 2 is 1.84 bits per heavy atom. The van der Waals surface area contributed by atoms with Crippen LogP contribution in [0.1, 0.15) is 65.7 Å².